The maximum atomic E-state index is 11.8. The molecule has 1 amide bonds. The predicted molar refractivity (Wildman–Crippen MR) is 151 cm³/mol. The number of esters is 1. The fraction of sp³-hybridized carbons (Fsp3) is 0.379. The van der Waals surface area contributed by atoms with Gasteiger partial charge in [0.05, 0.1) is 18.1 Å². The number of hydrogen-bond donors (Lipinski definition) is 1. The van der Waals surface area contributed by atoms with Gasteiger partial charge in [-0.15, -0.1) is 0 Å². The van der Waals surface area contributed by atoms with E-state index in [-0.39, 0.29) is 39.7 Å². The number of rotatable bonds is 10. The lowest BCUT2D eigenvalue weighted by Gasteiger charge is -2.02. The molecule has 6 rings (SSSR count). The van der Waals surface area contributed by atoms with Crippen molar-refractivity contribution in [2.24, 2.45) is 5.73 Å². The van der Waals surface area contributed by atoms with E-state index in [1.54, 1.807) is 0 Å². The molecule has 0 aliphatic heterocycles. The Morgan fingerprint density at radius 1 is 0.829 bits per heavy atom. The fourth-order valence-electron chi connectivity index (χ4n) is 4.56. The van der Waals surface area contributed by atoms with Gasteiger partial charge in [-0.05, 0) is 72.9 Å². The van der Waals surface area contributed by atoms with Gasteiger partial charge in [0, 0.05) is 10.8 Å². The minimum Gasteiger partial charge on any atom is -0.464 e. The zero-order valence-corrected chi connectivity index (χ0v) is 21.2. The van der Waals surface area contributed by atoms with Crippen molar-refractivity contribution in [3.05, 3.63) is 58.9 Å². The molecule has 2 aliphatic carbocycles. The van der Waals surface area contributed by atoms with E-state index < -0.39 is 11.9 Å². The molecule has 0 atom stereocenters. The van der Waals surface area contributed by atoms with Crippen molar-refractivity contribution in [1.29, 1.82) is 0 Å². The summed E-state index contributed by atoms with van der Waals surface area (Å²) in [5, 5.41) is 9.73. The highest BCUT2D eigenvalue weighted by atomic mass is 16.5. The highest BCUT2D eigenvalue weighted by molar-refractivity contribution is 6.04. The van der Waals surface area contributed by atoms with E-state index in [2.05, 4.69) is 14.9 Å². The van der Waals surface area contributed by atoms with Gasteiger partial charge in [0.2, 0.25) is 0 Å². The largest absolute Gasteiger partial charge is 0.464 e. The number of methoxy groups -OCH3 is 1. The van der Waals surface area contributed by atoms with Crippen LogP contribution in [0, 0.1) is 0 Å². The lowest BCUT2D eigenvalue weighted by molar-refractivity contribution is -0.133. The monoisotopic (exact) mass is 565 g/mol. The van der Waals surface area contributed by atoms with Crippen molar-refractivity contribution in [2.45, 2.75) is 65.8 Å². The van der Waals surface area contributed by atoms with E-state index in [1.165, 1.54) is 53.3 Å². The van der Waals surface area contributed by atoms with Crippen LogP contribution in [0.25, 0.3) is 21.8 Å². The van der Waals surface area contributed by atoms with Crippen molar-refractivity contribution in [3.63, 3.8) is 0 Å². The van der Waals surface area contributed by atoms with E-state index in [0.29, 0.717) is 30.2 Å². The summed E-state index contributed by atoms with van der Waals surface area (Å²) in [7, 11) is 1.32. The van der Waals surface area contributed by atoms with E-state index in [9.17, 15) is 19.2 Å². The molecule has 2 aromatic heterocycles. The zero-order chi connectivity index (χ0) is 27.5. The van der Waals surface area contributed by atoms with Gasteiger partial charge in [-0.2, -0.15) is 10.2 Å². The van der Waals surface area contributed by atoms with Crippen LogP contribution < -0.4 is 5.73 Å². The van der Waals surface area contributed by atoms with Gasteiger partial charge < -0.3 is 19.9 Å². The number of fused-ring (bicyclic) bond motifs is 2. The molecule has 0 unspecified atom stereocenters. The van der Waals surface area contributed by atoms with Crippen LogP contribution in [-0.4, -0.2) is 51.5 Å². The van der Waals surface area contributed by atoms with Gasteiger partial charge in [-0.3, -0.25) is 14.4 Å². The number of hydrogen-bond acceptors (Lipinski definition) is 9. The first kappa shape index (κ1) is 30.8. The number of nitrogens with two attached hydrogens (primary N) is 1. The second-order valence-corrected chi connectivity index (χ2v) is 9.44. The number of carbonyl (C=O) groups excluding carboxylic acids is 4. The molecule has 12 heteroatoms. The fourth-order valence-corrected chi connectivity index (χ4v) is 4.56. The molecule has 2 N–H and O–H groups in total. The Morgan fingerprint density at radius 3 is 1.66 bits per heavy atom. The molecule has 2 aromatic carbocycles. The molecular weight excluding hydrogens is 530 g/mol. The van der Waals surface area contributed by atoms with Crippen LogP contribution >= 0.6 is 0 Å². The zero-order valence-electron chi connectivity index (χ0n) is 21.2. The van der Waals surface area contributed by atoms with Crippen LogP contribution in [0.4, 0.5) is 0 Å². The van der Waals surface area contributed by atoms with Crippen molar-refractivity contribution in [2.75, 3.05) is 7.11 Å². The van der Waals surface area contributed by atoms with Crippen molar-refractivity contribution < 1.29 is 33.4 Å². The highest BCUT2D eigenvalue weighted by Crippen LogP contribution is 2.42. The first-order valence-corrected chi connectivity index (χ1v) is 12.4. The lowest BCUT2D eigenvalue weighted by atomic mass is 10.1. The van der Waals surface area contributed by atoms with Gasteiger partial charge >= 0.3 is 5.97 Å². The molecule has 2 heterocycles. The molecule has 12 nitrogen and oxygen atoms in total. The summed E-state index contributed by atoms with van der Waals surface area (Å²) in [4.78, 5) is 43.8. The summed E-state index contributed by atoms with van der Waals surface area (Å²) in [5.41, 5.74) is 9.69. The summed E-state index contributed by atoms with van der Waals surface area (Å²) in [6, 6.07) is 11.8. The van der Waals surface area contributed by atoms with E-state index in [1.807, 2.05) is 36.4 Å². The van der Waals surface area contributed by atoms with Crippen LogP contribution in [0.3, 0.4) is 0 Å². The quantitative estimate of drug-likeness (QED) is 0.169. The molecule has 4 aromatic rings. The van der Waals surface area contributed by atoms with Crippen LogP contribution in [0.15, 0.2) is 36.4 Å². The molecule has 2 saturated carbocycles. The number of ether oxygens (including phenoxy) is 3. The van der Waals surface area contributed by atoms with E-state index in [0.717, 1.165) is 16.4 Å². The van der Waals surface area contributed by atoms with Crippen molar-refractivity contribution >= 4 is 46.6 Å². The Kier molecular flexibility index (Phi) is 9.82. The average molecular weight is 566 g/mol. The third-order valence-electron chi connectivity index (χ3n) is 6.79. The molecule has 2 fully saturated rings. The summed E-state index contributed by atoms with van der Waals surface area (Å²) in [6.07, 6.45) is 4.72. The molecule has 0 bridgehead atoms. The number of nitrogens with zero attached hydrogens (tertiary/aromatic N) is 4. The molecule has 41 heavy (non-hydrogen) atoms. The lowest BCUT2D eigenvalue weighted by Crippen LogP contribution is -2.13. The summed E-state index contributed by atoms with van der Waals surface area (Å²) in [5.74, 6) is 0.0924. The molecule has 2 aliphatic rings. The van der Waals surface area contributed by atoms with Gasteiger partial charge in [-0.25, -0.2) is 14.2 Å². The smallest absolute Gasteiger partial charge is 0.359 e. The molecule has 0 saturated heterocycles. The first-order chi connectivity index (χ1) is 18.9. The number of amides is 1. The minimum absolute atomic E-state index is 0. The molecule has 0 radical (unpaired) electrons. The van der Waals surface area contributed by atoms with Crippen LogP contribution in [0.1, 0.15) is 84.5 Å². The summed E-state index contributed by atoms with van der Waals surface area (Å²) >= 11 is 0. The highest BCUT2D eigenvalue weighted by Gasteiger charge is 2.26. The van der Waals surface area contributed by atoms with Crippen LogP contribution in [0.2, 0.25) is 0 Å². The molecule has 0 spiro atoms. The Morgan fingerprint density at radius 2 is 1.27 bits per heavy atom. The predicted octanol–water partition coefficient (Wildman–Crippen LogP) is 4.25. The second-order valence-electron chi connectivity index (χ2n) is 9.44. The van der Waals surface area contributed by atoms with Crippen LogP contribution in [-0.2, 0) is 37.3 Å². The SMILES string of the molecule is C.C.COC(=O)c1nn(COC=O)c2ccc(C3CC3)cc12.NC(=O)c1nn(COC=O)c2ccc(C3CC3)cc12. The maximum Gasteiger partial charge on any atom is 0.359 e. The topological polar surface area (TPSA) is 158 Å². The Bertz CT molecular complexity index is 1570. The first-order valence-electron chi connectivity index (χ1n) is 12.4. The molecule has 218 valence electrons. The second kappa shape index (κ2) is 13.1. The number of aromatic nitrogens is 4. The third-order valence-corrected chi connectivity index (χ3v) is 6.79. The number of carbonyl (C=O) groups is 4. The number of benzene rings is 2. The number of primary amides is 1. The van der Waals surface area contributed by atoms with Crippen LogP contribution in [0.5, 0.6) is 0 Å². The van der Waals surface area contributed by atoms with Gasteiger partial charge in [-0.1, -0.05) is 27.0 Å². The van der Waals surface area contributed by atoms with Gasteiger partial charge in [0.15, 0.2) is 24.8 Å². The Balaban J connectivity index is 0.000000215. The van der Waals surface area contributed by atoms with Crippen molar-refractivity contribution in [1.82, 2.24) is 19.6 Å². The van der Waals surface area contributed by atoms with Gasteiger partial charge in [0.25, 0.3) is 18.9 Å². The summed E-state index contributed by atoms with van der Waals surface area (Å²) < 4.78 is 17.1. The third kappa shape index (κ3) is 6.53. The standard InChI is InChI=1S/C14H14N2O4.C13H13N3O3.2CH4/c1-19-14(18)13-11-6-10(9-2-3-9)4-5-12(11)16(15-13)7-20-8-17;14-13(18)12-10-5-9(8-1-2-8)3-4-11(10)16(15-12)6-19-7-17;;/h4-6,8-9H,2-3,7H2,1H3;3-5,7-8H,1-2,6H2,(H2,14,18);2*1H4. The van der Waals surface area contributed by atoms with Gasteiger partial charge in [0.1, 0.15) is 0 Å². The Labute approximate surface area is 237 Å². The Hall–Kier alpha value is -4.74. The minimum atomic E-state index is -0.581. The average Bonchev–Trinajstić information content (AvgIpc) is 3.89. The van der Waals surface area contributed by atoms with E-state index >= 15 is 0 Å². The van der Waals surface area contributed by atoms with E-state index in [4.69, 9.17) is 15.2 Å². The summed E-state index contributed by atoms with van der Waals surface area (Å²) in [6.45, 7) is 0.635. The van der Waals surface area contributed by atoms with Crippen molar-refractivity contribution in [3.8, 4) is 0 Å². The normalized spacial score (nSPS) is 13.7. The molecular formula is C29H35N5O7. The maximum absolute atomic E-state index is 11.8.